The summed E-state index contributed by atoms with van der Waals surface area (Å²) in [6, 6.07) is 0.967. The number of aromatic nitrogens is 4. The Bertz CT molecular complexity index is 664. The number of anilines is 1. The molecule has 5 nitrogen and oxygen atoms in total. The summed E-state index contributed by atoms with van der Waals surface area (Å²) in [5, 5.41) is 7.12. The smallest absolute Gasteiger partial charge is 0.354 e. The molecule has 8 heteroatoms. The van der Waals surface area contributed by atoms with Crippen molar-refractivity contribution in [2.24, 2.45) is 0 Å². The Morgan fingerprint density at radius 2 is 1.96 bits per heavy atom. The molecule has 2 heterocycles. The van der Waals surface area contributed by atoms with E-state index in [-0.39, 0.29) is 11.6 Å². The zero-order chi connectivity index (χ0) is 17.0. The summed E-state index contributed by atoms with van der Waals surface area (Å²) in [6.07, 6.45) is -1.05. The quantitative estimate of drug-likeness (QED) is 0.818. The van der Waals surface area contributed by atoms with E-state index < -0.39 is 11.9 Å². The first-order valence-electron chi connectivity index (χ1n) is 7.59. The second-order valence-electron chi connectivity index (χ2n) is 5.22. The van der Waals surface area contributed by atoms with Crippen LogP contribution in [-0.2, 0) is 12.7 Å². The van der Waals surface area contributed by atoms with E-state index >= 15 is 0 Å². The lowest BCUT2D eigenvalue weighted by atomic mass is 10.1. The number of hydrogen-bond donors (Lipinski definition) is 1. The van der Waals surface area contributed by atoms with Crippen molar-refractivity contribution in [1.29, 1.82) is 0 Å². The Balaban J connectivity index is 2.44. The van der Waals surface area contributed by atoms with Crippen molar-refractivity contribution in [2.75, 3.05) is 11.9 Å². The number of nitrogens with one attached hydrogen (secondary N) is 1. The molecular weight excluding hydrogens is 307 g/mol. The Labute approximate surface area is 133 Å². The summed E-state index contributed by atoms with van der Waals surface area (Å²) in [6.45, 7) is 6.84. The van der Waals surface area contributed by atoms with Gasteiger partial charge in [0.1, 0.15) is 0 Å². The van der Waals surface area contributed by atoms with Gasteiger partial charge in [-0.15, -0.1) is 0 Å². The molecule has 1 N–H and O–H groups in total. The summed E-state index contributed by atoms with van der Waals surface area (Å²) in [5.41, 5.74) is 0.491. The molecule has 2 rings (SSSR count). The van der Waals surface area contributed by atoms with Crippen LogP contribution in [0.5, 0.6) is 0 Å². The van der Waals surface area contributed by atoms with Gasteiger partial charge in [-0.25, -0.2) is 9.97 Å². The molecule has 23 heavy (non-hydrogen) atoms. The van der Waals surface area contributed by atoms with Gasteiger partial charge < -0.3 is 5.32 Å². The van der Waals surface area contributed by atoms with Gasteiger partial charge in [-0.1, -0.05) is 13.3 Å². The van der Waals surface area contributed by atoms with Crippen LogP contribution < -0.4 is 5.32 Å². The number of alkyl halides is 3. The maximum Gasteiger partial charge on any atom is 0.433 e. The average Bonchev–Trinajstić information content (AvgIpc) is 2.87. The van der Waals surface area contributed by atoms with E-state index in [4.69, 9.17) is 0 Å². The molecule has 0 aromatic carbocycles. The topological polar surface area (TPSA) is 55.6 Å². The average molecular weight is 327 g/mol. The molecule has 0 aliphatic carbocycles. The van der Waals surface area contributed by atoms with Crippen LogP contribution in [0.2, 0.25) is 0 Å². The molecular formula is C15H20F3N5. The highest BCUT2D eigenvalue weighted by atomic mass is 19.4. The summed E-state index contributed by atoms with van der Waals surface area (Å²) in [4.78, 5) is 7.81. The third-order valence-corrected chi connectivity index (χ3v) is 3.38. The monoisotopic (exact) mass is 327 g/mol. The summed E-state index contributed by atoms with van der Waals surface area (Å²) < 4.78 is 40.9. The maximum absolute atomic E-state index is 13.1. The van der Waals surface area contributed by atoms with E-state index in [1.807, 2.05) is 13.8 Å². The van der Waals surface area contributed by atoms with E-state index in [0.717, 1.165) is 18.9 Å². The lowest BCUT2D eigenvalue weighted by Crippen LogP contribution is -2.13. The third kappa shape index (κ3) is 4.20. The van der Waals surface area contributed by atoms with Gasteiger partial charge in [0.25, 0.3) is 0 Å². The molecule has 0 spiro atoms. The first-order valence-corrected chi connectivity index (χ1v) is 7.59. The van der Waals surface area contributed by atoms with Crippen LogP contribution in [0.3, 0.4) is 0 Å². The van der Waals surface area contributed by atoms with Gasteiger partial charge in [-0.05, 0) is 26.3 Å². The molecule has 0 amide bonds. The SMILES string of the molecule is CCCCNc1nc(-c2cn(CC)nc2C)cc(C(F)(F)F)n1. The van der Waals surface area contributed by atoms with Crippen molar-refractivity contribution in [3.05, 3.63) is 23.7 Å². The fourth-order valence-corrected chi connectivity index (χ4v) is 2.12. The molecule has 0 bridgehead atoms. The van der Waals surface area contributed by atoms with Crippen molar-refractivity contribution >= 4 is 5.95 Å². The van der Waals surface area contributed by atoms with Crippen molar-refractivity contribution in [3.63, 3.8) is 0 Å². The molecule has 0 aliphatic heterocycles. The van der Waals surface area contributed by atoms with Crippen molar-refractivity contribution in [1.82, 2.24) is 19.7 Å². The molecule has 126 valence electrons. The molecule has 0 saturated heterocycles. The summed E-state index contributed by atoms with van der Waals surface area (Å²) >= 11 is 0. The van der Waals surface area contributed by atoms with Crippen LogP contribution in [0.4, 0.5) is 19.1 Å². The molecule has 2 aromatic heterocycles. The minimum absolute atomic E-state index is 0.00748. The van der Waals surface area contributed by atoms with Crippen molar-refractivity contribution < 1.29 is 13.2 Å². The van der Waals surface area contributed by atoms with E-state index in [2.05, 4.69) is 20.4 Å². The second kappa shape index (κ2) is 6.97. The standard InChI is InChI=1S/C15H20F3N5/c1-4-6-7-19-14-20-12(8-13(21-14)15(16,17)18)11-9-23(5-2)22-10(11)3/h8-9H,4-7H2,1-3H3,(H,19,20,21). The Morgan fingerprint density at radius 1 is 1.22 bits per heavy atom. The first kappa shape index (κ1) is 17.2. The predicted octanol–water partition coefficient (Wildman–Crippen LogP) is 3.90. The van der Waals surface area contributed by atoms with Crippen molar-refractivity contribution in [2.45, 2.75) is 46.3 Å². The van der Waals surface area contributed by atoms with Gasteiger partial charge in [0.05, 0.1) is 11.4 Å². The summed E-state index contributed by atoms with van der Waals surface area (Å²) in [5.74, 6) is -0.00748. The van der Waals surface area contributed by atoms with Crippen LogP contribution >= 0.6 is 0 Å². The minimum atomic E-state index is -4.52. The number of nitrogens with zero attached hydrogens (tertiary/aromatic N) is 4. The van der Waals surface area contributed by atoms with Gasteiger partial charge in [0.2, 0.25) is 5.95 Å². The van der Waals surface area contributed by atoms with Gasteiger partial charge in [-0.3, -0.25) is 4.68 Å². The predicted molar refractivity (Wildman–Crippen MR) is 82.1 cm³/mol. The number of halogens is 3. The molecule has 0 saturated carbocycles. The van der Waals surface area contributed by atoms with E-state index in [0.29, 0.717) is 24.3 Å². The molecule has 0 atom stereocenters. The molecule has 0 fully saturated rings. The largest absolute Gasteiger partial charge is 0.433 e. The number of hydrogen-bond acceptors (Lipinski definition) is 4. The second-order valence-corrected chi connectivity index (χ2v) is 5.22. The lowest BCUT2D eigenvalue weighted by Gasteiger charge is -2.11. The molecule has 0 unspecified atom stereocenters. The minimum Gasteiger partial charge on any atom is -0.354 e. The van der Waals surface area contributed by atoms with E-state index in [9.17, 15) is 13.2 Å². The van der Waals surface area contributed by atoms with Crippen LogP contribution in [0.1, 0.15) is 38.1 Å². The van der Waals surface area contributed by atoms with Crippen LogP contribution in [0.25, 0.3) is 11.3 Å². The normalized spacial score (nSPS) is 11.7. The maximum atomic E-state index is 13.1. The Hall–Kier alpha value is -2.12. The fourth-order valence-electron chi connectivity index (χ4n) is 2.12. The van der Waals surface area contributed by atoms with Crippen molar-refractivity contribution in [3.8, 4) is 11.3 Å². The molecule has 0 aliphatic rings. The van der Waals surface area contributed by atoms with Crippen LogP contribution in [0.15, 0.2) is 12.3 Å². The Morgan fingerprint density at radius 3 is 2.52 bits per heavy atom. The highest BCUT2D eigenvalue weighted by Crippen LogP contribution is 2.31. The van der Waals surface area contributed by atoms with Gasteiger partial charge in [-0.2, -0.15) is 18.3 Å². The number of rotatable bonds is 6. The van der Waals surface area contributed by atoms with Gasteiger partial charge in [0.15, 0.2) is 5.69 Å². The third-order valence-electron chi connectivity index (χ3n) is 3.38. The first-order chi connectivity index (χ1) is 10.8. The van der Waals surface area contributed by atoms with Crippen LogP contribution in [-0.4, -0.2) is 26.3 Å². The van der Waals surface area contributed by atoms with Gasteiger partial charge in [0, 0.05) is 24.8 Å². The molecule has 2 aromatic rings. The van der Waals surface area contributed by atoms with E-state index in [1.54, 1.807) is 17.8 Å². The zero-order valence-corrected chi connectivity index (χ0v) is 13.4. The van der Waals surface area contributed by atoms with Crippen LogP contribution in [0, 0.1) is 6.92 Å². The Kier molecular flexibility index (Phi) is 5.23. The lowest BCUT2D eigenvalue weighted by molar-refractivity contribution is -0.141. The number of unbranched alkanes of at least 4 members (excludes halogenated alkanes) is 1. The van der Waals surface area contributed by atoms with Gasteiger partial charge >= 0.3 is 6.18 Å². The summed E-state index contributed by atoms with van der Waals surface area (Å²) in [7, 11) is 0. The highest BCUT2D eigenvalue weighted by molar-refractivity contribution is 5.62. The number of aryl methyl sites for hydroxylation is 2. The highest BCUT2D eigenvalue weighted by Gasteiger charge is 2.34. The zero-order valence-electron chi connectivity index (χ0n) is 13.4. The fraction of sp³-hybridized carbons (Fsp3) is 0.533. The molecule has 0 radical (unpaired) electrons. The van der Waals surface area contributed by atoms with E-state index in [1.165, 1.54) is 0 Å².